The van der Waals surface area contributed by atoms with Gasteiger partial charge < -0.3 is 15.0 Å². The normalized spacial score (nSPS) is 18.1. The molecule has 0 saturated heterocycles. The third-order valence-corrected chi connectivity index (χ3v) is 2.83. The zero-order chi connectivity index (χ0) is 11.3. The molecule has 0 amide bonds. The maximum Gasteiger partial charge on any atom is 0.201 e. The number of hydrogen-bond acceptors (Lipinski definition) is 4. The van der Waals surface area contributed by atoms with E-state index in [2.05, 4.69) is 11.1 Å². The van der Waals surface area contributed by atoms with Crippen LogP contribution in [0.5, 0.6) is 5.75 Å². The number of nitrogen functional groups attached to an aromatic ring is 1. The van der Waals surface area contributed by atoms with Gasteiger partial charge in [-0.15, -0.1) is 0 Å². The number of nitriles is 1. The highest BCUT2D eigenvalue weighted by Crippen LogP contribution is 2.35. The minimum atomic E-state index is 0.172. The highest BCUT2D eigenvalue weighted by molar-refractivity contribution is 5.86. The quantitative estimate of drug-likeness (QED) is 0.719. The second-order valence-corrected chi connectivity index (χ2v) is 3.95. The first kappa shape index (κ1) is 9.04. The molecule has 1 aromatic heterocycles. The molecular formula is C11H10N4O. The largest absolute Gasteiger partial charge is 0.489 e. The Morgan fingerprint density at radius 2 is 2.44 bits per heavy atom. The van der Waals surface area contributed by atoms with Crippen molar-refractivity contribution in [3.05, 3.63) is 17.7 Å². The van der Waals surface area contributed by atoms with Crippen LogP contribution >= 0.6 is 0 Å². The van der Waals surface area contributed by atoms with E-state index < -0.39 is 0 Å². The van der Waals surface area contributed by atoms with Crippen molar-refractivity contribution in [1.82, 2.24) is 9.55 Å². The van der Waals surface area contributed by atoms with Crippen molar-refractivity contribution in [2.24, 2.45) is 0 Å². The Balaban J connectivity index is 2.44. The average molecular weight is 214 g/mol. The molecule has 1 aliphatic rings. The van der Waals surface area contributed by atoms with Crippen LogP contribution in [-0.2, 0) is 0 Å². The number of nitrogens with two attached hydrogens (primary N) is 1. The number of nitrogens with zero attached hydrogens (tertiary/aromatic N) is 3. The summed E-state index contributed by atoms with van der Waals surface area (Å²) < 4.78 is 7.55. The van der Waals surface area contributed by atoms with Gasteiger partial charge >= 0.3 is 0 Å². The molecule has 0 fully saturated rings. The lowest BCUT2D eigenvalue weighted by Crippen LogP contribution is -2.20. The lowest BCUT2D eigenvalue weighted by Gasteiger charge is -2.23. The number of benzene rings is 1. The predicted octanol–water partition coefficient (Wildman–Crippen LogP) is 1.44. The number of rotatable bonds is 0. The van der Waals surface area contributed by atoms with Gasteiger partial charge in [-0.2, -0.15) is 5.26 Å². The molecule has 0 spiro atoms. The standard InChI is InChI=1S/C11H10N4O/c1-6-5-16-9-3-7(4-12)2-8-10(9)15(6)11(13)14-8/h2-3,6H,5H2,1H3,(H2,13,14)/t6-/m0/s1. The van der Waals surface area contributed by atoms with E-state index in [0.29, 0.717) is 23.9 Å². The molecule has 0 radical (unpaired) electrons. The summed E-state index contributed by atoms with van der Waals surface area (Å²) in [4.78, 5) is 4.25. The second-order valence-electron chi connectivity index (χ2n) is 3.95. The summed E-state index contributed by atoms with van der Waals surface area (Å²) in [5.41, 5.74) is 8.01. The fourth-order valence-electron chi connectivity index (χ4n) is 2.12. The van der Waals surface area contributed by atoms with Gasteiger partial charge in [0.25, 0.3) is 0 Å². The third kappa shape index (κ3) is 1.01. The molecule has 80 valence electrons. The molecule has 5 nitrogen and oxygen atoms in total. The Kier molecular flexibility index (Phi) is 1.63. The molecule has 2 aromatic rings. The minimum Gasteiger partial charge on any atom is -0.489 e. The van der Waals surface area contributed by atoms with E-state index in [0.717, 1.165) is 11.0 Å². The third-order valence-electron chi connectivity index (χ3n) is 2.83. The summed E-state index contributed by atoms with van der Waals surface area (Å²) in [6.07, 6.45) is 0. The minimum absolute atomic E-state index is 0.172. The summed E-state index contributed by atoms with van der Waals surface area (Å²) in [6.45, 7) is 2.58. The van der Waals surface area contributed by atoms with Crippen LogP contribution in [0, 0.1) is 11.3 Å². The molecule has 3 rings (SSSR count). The fourth-order valence-corrected chi connectivity index (χ4v) is 2.12. The van der Waals surface area contributed by atoms with E-state index in [-0.39, 0.29) is 6.04 Å². The Labute approximate surface area is 92.1 Å². The Morgan fingerprint density at radius 1 is 1.62 bits per heavy atom. The molecule has 0 saturated carbocycles. The van der Waals surface area contributed by atoms with Crippen molar-refractivity contribution in [2.45, 2.75) is 13.0 Å². The van der Waals surface area contributed by atoms with Crippen molar-refractivity contribution in [1.29, 1.82) is 5.26 Å². The molecule has 1 aliphatic heterocycles. The fraction of sp³-hybridized carbons (Fsp3) is 0.273. The van der Waals surface area contributed by atoms with E-state index in [1.165, 1.54) is 0 Å². The topological polar surface area (TPSA) is 76.9 Å². The first-order chi connectivity index (χ1) is 7.70. The molecular weight excluding hydrogens is 204 g/mol. The van der Waals surface area contributed by atoms with Crippen molar-refractivity contribution >= 4 is 17.0 Å². The van der Waals surface area contributed by atoms with Gasteiger partial charge in [0.05, 0.1) is 23.2 Å². The zero-order valence-corrected chi connectivity index (χ0v) is 8.77. The number of anilines is 1. The maximum atomic E-state index is 8.89. The highest BCUT2D eigenvalue weighted by Gasteiger charge is 2.23. The van der Waals surface area contributed by atoms with E-state index in [1.54, 1.807) is 12.1 Å². The number of hydrogen-bond donors (Lipinski definition) is 1. The lowest BCUT2D eigenvalue weighted by atomic mass is 10.1. The number of aromatic nitrogens is 2. The van der Waals surface area contributed by atoms with Crippen LogP contribution in [0.4, 0.5) is 5.95 Å². The molecule has 1 atom stereocenters. The zero-order valence-electron chi connectivity index (χ0n) is 8.77. The van der Waals surface area contributed by atoms with Crippen molar-refractivity contribution in [3.63, 3.8) is 0 Å². The molecule has 2 heterocycles. The number of imidazole rings is 1. The summed E-state index contributed by atoms with van der Waals surface area (Å²) >= 11 is 0. The second kappa shape index (κ2) is 2.89. The molecule has 0 bridgehead atoms. The van der Waals surface area contributed by atoms with E-state index in [9.17, 15) is 0 Å². The maximum absolute atomic E-state index is 8.89. The van der Waals surface area contributed by atoms with E-state index in [4.69, 9.17) is 15.7 Å². The number of ether oxygens (including phenoxy) is 1. The molecule has 0 aliphatic carbocycles. The average Bonchev–Trinajstić information content (AvgIpc) is 2.61. The van der Waals surface area contributed by atoms with Crippen molar-refractivity contribution < 1.29 is 4.74 Å². The van der Waals surface area contributed by atoms with Crippen molar-refractivity contribution in [2.75, 3.05) is 12.3 Å². The van der Waals surface area contributed by atoms with Gasteiger partial charge in [-0.3, -0.25) is 0 Å². The summed E-state index contributed by atoms with van der Waals surface area (Å²) in [5.74, 6) is 1.17. The molecule has 2 N–H and O–H groups in total. The Bertz CT molecular complexity index is 623. The van der Waals surface area contributed by atoms with Crippen LogP contribution in [0.15, 0.2) is 12.1 Å². The SMILES string of the molecule is C[C@H]1COc2cc(C#N)cc3nc(N)n1c23. The van der Waals surface area contributed by atoms with Crippen LogP contribution in [0.1, 0.15) is 18.5 Å². The van der Waals surface area contributed by atoms with E-state index in [1.807, 2.05) is 11.5 Å². The van der Waals surface area contributed by atoms with Gasteiger partial charge in [0, 0.05) is 6.07 Å². The summed E-state index contributed by atoms with van der Waals surface area (Å²) in [7, 11) is 0. The van der Waals surface area contributed by atoms with Gasteiger partial charge in [-0.25, -0.2) is 4.98 Å². The van der Waals surface area contributed by atoms with Crippen molar-refractivity contribution in [3.8, 4) is 11.8 Å². The van der Waals surface area contributed by atoms with Gasteiger partial charge in [0.2, 0.25) is 5.95 Å². The lowest BCUT2D eigenvalue weighted by molar-refractivity contribution is 0.249. The van der Waals surface area contributed by atoms with Gasteiger partial charge in [-0.1, -0.05) is 0 Å². The monoisotopic (exact) mass is 214 g/mol. The molecule has 16 heavy (non-hydrogen) atoms. The summed E-state index contributed by atoms with van der Waals surface area (Å²) in [6, 6.07) is 5.72. The van der Waals surface area contributed by atoms with Gasteiger partial charge in [0.15, 0.2) is 0 Å². The van der Waals surface area contributed by atoms with Crippen LogP contribution in [0.25, 0.3) is 11.0 Å². The van der Waals surface area contributed by atoms with E-state index >= 15 is 0 Å². The molecule has 0 unspecified atom stereocenters. The van der Waals surface area contributed by atoms with Crippen LogP contribution in [0.3, 0.4) is 0 Å². The Morgan fingerprint density at radius 3 is 3.19 bits per heavy atom. The molecule has 5 heteroatoms. The Hall–Kier alpha value is -2.22. The van der Waals surface area contributed by atoms with Crippen LogP contribution < -0.4 is 10.5 Å². The van der Waals surface area contributed by atoms with Gasteiger partial charge in [0.1, 0.15) is 17.9 Å². The predicted molar refractivity (Wildman–Crippen MR) is 59.1 cm³/mol. The van der Waals surface area contributed by atoms with Gasteiger partial charge in [-0.05, 0) is 13.0 Å². The summed E-state index contributed by atoms with van der Waals surface area (Å²) in [5, 5.41) is 8.89. The smallest absolute Gasteiger partial charge is 0.201 e. The molecule has 1 aromatic carbocycles. The first-order valence-electron chi connectivity index (χ1n) is 5.05. The highest BCUT2D eigenvalue weighted by atomic mass is 16.5. The van der Waals surface area contributed by atoms with Crippen LogP contribution in [-0.4, -0.2) is 16.2 Å². The first-order valence-corrected chi connectivity index (χ1v) is 5.05. The van der Waals surface area contributed by atoms with Crippen LogP contribution in [0.2, 0.25) is 0 Å².